The van der Waals surface area contributed by atoms with E-state index in [-0.39, 0.29) is 5.91 Å². The summed E-state index contributed by atoms with van der Waals surface area (Å²) in [5.41, 5.74) is 8.87. The maximum atomic E-state index is 11.2. The molecule has 3 heteroatoms. The molecule has 0 fully saturated rings. The van der Waals surface area contributed by atoms with Crippen molar-refractivity contribution in [3.05, 3.63) is 69.9 Å². The molecule has 0 aromatic carbocycles. The number of hydrogen-bond donors (Lipinski definition) is 1. The number of hydrogen-bond acceptors (Lipinski definition) is 1. The summed E-state index contributed by atoms with van der Waals surface area (Å²) in [5, 5.41) is 3.28. The van der Waals surface area contributed by atoms with Crippen molar-refractivity contribution in [1.82, 2.24) is 5.32 Å². The Kier molecular flexibility index (Phi) is 22.5. The van der Waals surface area contributed by atoms with Gasteiger partial charge in [0.2, 0.25) is 5.91 Å². The van der Waals surface area contributed by atoms with Crippen LogP contribution >= 0.6 is 15.9 Å². The van der Waals surface area contributed by atoms with Gasteiger partial charge >= 0.3 is 0 Å². The third-order valence-electron chi connectivity index (χ3n) is 6.53. The zero-order valence-electron chi connectivity index (χ0n) is 25.1. The van der Waals surface area contributed by atoms with Gasteiger partial charge in [0.25, 0.3) is 0 Å². The fourth-order valence-electron chi connectivity index (χ4n) is 4.04. The van der Waals surface area contributed by atoms with Crippen LogP contribution in [-0.4, -0.2) is 17.8 Å². The van der Waals surface area contributed by atoms with E-state index in [1.807, 2.05) is 0 Å². The zero-order chi connectivity index (χ0) is 27.9. The molecule has 0 spiro atoms. The maximum absolute atomic E-state index is 11.2. The third kappa shape index (κ3) is 24.5. The van der Waals surface area contributed by atoms with Crippen molar-refractivity contribution in [3.63, 3.8) is 0 Å². The molecule has 0 aromatic heterocycles. The van der Waals surface area contributed by atoms with Crippen LogP contribution in [0.25, 0.3) is 0 Å². The molecule has 210 valence electrons. The normalized spacial score (nSPS) is 13.7. The van der Waals surface area contributed by atoms with Gasteiger partial charge < -0.3 is 5.32 Å². The SMILES string of the molecule is CC(C)=CCC/C(C)=C/CC/C(C)=C/CC/C=C(\C)CC/C=C(\C)CC/C=C(\C)CCCNC(=O)CBr. The van der Waals surface area contributed by atoms with Gasteiger partial charge in [-0.3, -0.25) is 4.79 Å². The average Bonchev–Trinajstić information content (AvgIpc) is 2.84. The van der Waals surface area contributed by atoms with Crippen LogP contribution in [0.1, 0.15) is 126 Å². The second kappa shape index (κ2) is 23.5. The molecule has 0 aliphatic carbocycles. The predicted octanol–water partition coefficient (Wildman–Crippen LogP) is 10.9. The predicted molar refractivity (Wildman–Crippen MR) is 170 cm³/mol. The van der Waals surface area contributed by atoms with Crippen LogP contribution in [0.3, 0.4) is 0 Å². The fourth-order valence-corrected chi connectivity index (χ4v) is 4.24. The summed E-state index contributed by atoms with van der Waals surface area (Å²) in [6, 6.07) is 0. The van der Waals surface area contributed by atoms with Crippen LogP contribution in [0.5, 0.6) is 0 Å². The monoisotopic (exact) mass is 573 g/mol. The number of unbranched alkanes of at least 4 members (excludes halogenated alkanes) is 1. The molecule has 0 aromatic rings. The van der Waals surface area contributed by atoms with Crippen LogP contribution in [0.4, 0.5) is 0 Å². The Labute approximate surface area is 238 Å². The highest BCUT2D eigenvalue weighted by atomic mass is 79.9. The van der Waals surface area contributed by atoms with Gasteiger partial charge in [-0.2, -0.15) is 0 Å². The Hall–Kier alpha value is -1.61. The first-order chi connectivity index (χ1) is 17.6. The topological polar surface area (TPSA) is 29.1 Å². The van der Waals surface area contributed by atoms with Crippen molar-refractivity contribution < 1.29 is 4.79 Å². The van der Waals surface area contributed by atoms with Crippen LogP contribution < -0.4 is 5.32 Å². The molecule has 0 radical (unpaired) electrons. The van der Waals surface area contributed by atoms with Gasteiger partial charge in [-0.05, 0) is 126 Å². The molecule has 0 saturated carbocycles. The molecule has 2 nitrogen and oxygen atoms in total. The Balaban J connectivity index is 4.07. The summed E-state index contributed by atoms with van der Waals surface area (Å²) in [6.45, 7) is 16.4. The molecular weight excluding hydrogens is 518 g/mol. The first kappa shape index (κ1) is 35.4. The number of alkyl halides is 1. The largest absolute Gasteiger partial charge is 0.355 e. The Morgan fingerprint density at radius 2 is 0.892 bits per heavy atom. The highest BCUT2D eigenvalue weighted by molar-refractivity contribution is 9.09. The zero-order valence-corrected chi connectivity index (χ0v) is 26.7. The standard InChI is InChI=1S/C34H56BrNO/c1-28(2)15-10-18-31(5)21-11-19-29(3)16-8-9-17-30(4)20-12-22-32(6)23-13-24-33(7)25-14-26-36-34(37)27-35/h15-17,21-22,24H,8-14,18-20,23,25-27H2,1-7H3,(H,36,37)/b29-16+,30-17+,31-21+,32-22+,33-24+. The van der Waals surface area contributed by atoms with E-state index in [2.05, 4.69) is 106 Å². The van der Waals surface area contributed by atoms with Gasteiger partial charge in [-0.15, -0.1) is 0 Å². The third-order valence-corrected chi connectivity index (χ3v) is 7.04. The van der Waals surface area contributed by atoms with E-state index in [1.165, 1.54) is 52.7 Å². The van der Waals surface area contributed by atoms with Crippen molar-refractivity contribution >= 4 is 21.8 Å². The van der Waals surface area contributed by atoms with Crippen LogP contribution in [-0.2, 0) is 4.79 Å². The van der Waals surface area contributed by atoms with Gasteiger partial charge in [0.15, 0.2) is 0 Å². The van der Waals surface area contributed by atoms with Crippen molar-refractivity contribution in [3.8, 4) is 0 Å². The molecule has 0 rings (SSSR count). The quantitative estimate of drug-likeness (QED) is 0.0875. The van der Waals surface area contributed by atoms with E-state index in [9.17, 15) is 4.79 Å². The summed E-state index contributed by atoms with van der Waals surface area (Å²) in [5.74, 6) is 0.0647. The van der Waals surface area contributed by atoms with Crippen molar-refractivity contribution in [2.75, 3.05) is 11.9 Å². The number of allylic oxidation sites excluding steroid dienone is 12. The Bertz CT molecular complexity index is 819. The van der Waals surface area contributed by atoms with Crippen molar-refractivity contribution in [2.45, 2.75) is 126 Å². The van der Waals surface area contributed by atoms with Gasteiger partial charge in [0.1, 0.15) is 0 Å². The number of carbonyl (C=O) groups excluding carboxylic acids is 1. The lowest BCUT2D eigenvalue weighted by Gasteiger charge is -2.04. The number of carbonyl (C=O) groups is 1. The molecule has 0 aliphatic heterocycles. The lowest BCUT2D eigenvalue weighted by molar-refractivity contribution is -0.118. The number of amides is 1. The number of nitrogens with one attached hydrogen (secondary N) is 1. The van der Waals surface area contributed by atoms with Gasteiger partial charge in [-0.1, -0.05) is 85.8 Å². The first-order valence-electron chi connectivity index (χ1n) is 14.4. The number of rotatable bonds is 20. The van der Waals surface area contributed by atoms with Crippen molar-refractivity contribution in [1.29, 1.82) is 0 Å². The van der Waals surface area contributed by atoms with Crippen LogP contribution in [0.2, 0.25) is 0 Å². The molecular formula is C34H56BrNO. The molecule has 1 amide bonds. The molecule has 1 N–H and O–H groups in total. The summed E-state index contributed by atoms with van der Waals surface area (Å²) < 4.78 is 0. The van der Waals surface area contributed by atoms with Crippen molar-refractivity contribution in [2.24, 2.45) is 0 Å². The van der Waals surface area contributed by atoms with Gasteiger partial charge in [0, 0.05) is 6.54 Å². The minimum atomic E-state index is 0.0647. The second-order valence-electron chi connectivity index (χ2n) is 10.9. The van der Waals surface area contributed by atoms with E-state index in [0.717, 1.165) is 64.3 Å². The summed E-state index contributed by atoms with van der Waals surface area (Å²) in [6.07, 6.45) is 27.9. The minimum Gasteiger partial charge on any atom is -0.355 e. The minimum absolute atomic E-state index is 0.0647. The Morgan fingerprint density at radius 3 is 1.27 bits per heavy atom. The van der Waals surface area contributed by atoms with Crippen LogP contribution in [0.15, 0.2) is 69.9 Å². The molecule has 0 heterocycles. The molecule has 0 atom stereocenters. The number of halogens is 1. The first-order valence-corrected chi connectivity index (χ1v) is 15.5. The summed E-state index contributed by atoms with van der Waals surface area (Å²) >= 11 is 3.17. The molecule has 0 unspecified atom stereocenters. The maximum Gasteiger partial charge on any atom is 0.230 e. The van der Waals surface area contributed by atoms with Gasteiger partial charge in [-0.25, -0.2) is 0 Å². The highest BCUT2D eigenvalue weighted by Crippen LogP contribution is 2.15. The van der Waals surface area contributed by atoms with Crippen LogP contribution in [0, 0.1) is 0 Å². The van der Waals surface area contributed by atoms with E-state index >= 15 is 0 Å². The lowest BCUT2D eigenvalue weighted by atomic mass is 10.0. The van der Waals surface area contributed by atoms with E-state index in [0.29, 0.717) is 5.33 Å². The van der Waals surface area contributed by atoms with E-state index in [4.69, 9.17) is 0 Å². The molecule has 0 bridgehead atoms. The summed E-state index contributed by atoms with van der Waals surface area (Å²) in [4.78, 5) is 11.2. The lowest BCUT2D eigenvalue weighted by Crippen LogP contribution is -2.25. The van der Waals surface area contributed by atoms with Gasteiger partial charge in [0.05, 0.1) is 5.33 Å². The summed E-state index contributed by atoms with van der Waals surface area (Å²) in [7, 11) is 0. The molecule has 37 heavy (non-hydrogen) atoms. The Morgan fingerprint density at radius 1 is 0.541 bits per heavy atom. The molecule has 0 saturated heterocycles. The van der Waals surface area contributed by atoms with E-state index < -0.39 is 0 Å². The molecule has 0 aliphatic rings. The average molecular weight is 575 g/mol. The fraction of sp³-hybridized carbons (Fsp3) is 0.618. The highest BCUT2D eigenvalue weighted by Gasteiger charge is 1.98. The smallest absolute Gasteiger partial charge is 0.230 e. The second-order valence-corrected chi connectivity index (χ2v) is 11.4. The van der Waals surface area contributed by atoms with E-state index in [1.54, 1.807) is 0 Å².